The first-order valence-corrected chi connectivity index (χ1v) is 7.60. The predicted octanol–water partition coefficient (Wildman–Crippen LogP) is 5.82. The third-order valence-corrected chi connectivity index (χ3v) is 4.83. The molecular weight excluding hydrogens is 321 g/mol. The summed E-state index contributed by atoms with van der Waals surface area (Å²) in [5.41, 5.74) is 6.84. The van der Waals surface area contributed by atoms with Crippen LogP contribution in [0.3, 0.4) is 0 Å². The van der Waals surface area contributed by atoms with Gasteiger partial charge in [-0.3, -0.25) is 0 Å². The summed E-state index contributed by atoms with van der Waals surface area (Å²) in [6, 6.07) is 11.3. The minimum absolute atomic E-state index is 0.0264. The van der Waals surface area contributed by atoms with Crippen LogP contribution in [0.25, 0.3) is 0 Å². The van der Waals surface area contributed by atoms with E-state index < -0.39 is 0 Å². The second kappa shape index (κ2) is 6.38. The summed E-state index contributed by atoms with van der Waals surface area (Å²) in [5.74, 6) is 0. The molecule has 1 nitrogen and oxygen atoms in total. The Labute approximate surface area is 132 Å². The molecule has 2 rings (SSSR count). The molecule has 100 valence electrons. The number of hydrogen-bond acceptors (Lipinski definition) is 2. The molecular formula is C14H12Cl3NS. The molecule has 1 atom stereocenters. The lowest BCUT2D eigenvalue weighted by molar-refractivity contribution is 0.817. The largest absolute Gasteiger partial charge is 0.324 e. The molecule has 0 amide bonds. The topological polar surface area (TPSA) is 26.0 Å². The molecule has 2 aromatic carbocycles. The Balaban J connectivity index is 2.25. The van der Waals surface area contributed by atoms with Crippen molar-refractivity contribution in [1.29, 1.82) is 0 Å². The van der Waals surface area contributed by atoms with Crippen molar-refractivity contribution in [3.8, 4) is 0 Å². The zero-order valence-corrected chi connectivity index (χ0v) is 13.2. The lowest BCUT2D eigenvalue weighted by atomic mass is 10.1. The smallest absolute Gasteiger partial charge is 0.0603 e. The highest BCUT2D eigenvalue weighted by Crippen LogP contribution is 2.36. The highest BCUT2D eigenvalue weighted by atomic mass is 35.5. The monoisotopic (exact) mass is 331 g/mol. The maximum atomic E-state index is 6.26. The normalized spacial score (nSPS) is 12.5. The van der Waals surface area contributed by atoms with Crippen LogP contribution in [0.15, 0.2) is 46.2 Å². The van der Waals surface area contributed by atoms with Crippen molar-refractivity contribution in [2.45, 2.75) is 22.8 Å². The van der Waals surface area contributed by atoms with E-state index in [1.54, 1.807) is 17.8 Å². The van der Waals surface area contributed by atoms with Crippen molar-refractivity contribution < 1.29 is 0 Å². The fraction of sp³-hybridized carbons (Fsp3) is 0.143. The predicted molar refractivity (Wildman–Crippen MR) is 84.6 cm³/mol. The number of nitrogens with two attached hydrogens (primary N) is 1. The van der Waals surface area contributed by atoms with Gasteiger partial charge < -0.3 is 5.73 Å². The Kier molecular flexibility index (Phi) is 5.04. The van der Waals surface area contributed by atoms with E-state index in [0.717, 1.165) is 15.4 Å². The molecule has 0 aliphatic carbocycles. The van der Waals surface area contributed by atoms with Gasteiger partial charge in [0.25, 0.3) is 0 Å². The summed E-state index contributed by atoms with van der Waals surface area (Å²) in [6.45, 7) is 1.93. The summed E-state index contributed by atoms with van der Waals surface area (Å²) >= 11 is 19.7. The first kappa shape index (κ1) is 15.0. The van der Waals surface area contributed by atoms with Crippen LogP contribution in [0.4, 0.5) is 0 Å². The molecule has 0 aromatic heterocycles. The molecule has 0 bridgehead atoms. The van der Waals surface area contributed by atoms with Crippen LogP contribution in [-0.4, -0.2) is 0 Å². The molecule has 0 fully saturated rings. The van der Waals surface area contributed by atoms with E-state index in [1.807, 2.05) is 37.3 Å². The van der Waals surface area contributed by atoms with Gasteiger partial charge in [-0.2, -0.15) is 0 Å². The average molecular weight is 333 g/mol. The Morgan fingerprint density at radius 2 is 1.68 bits per heavy atom. The standard InChI is InChI=1S/C14H12Cl3NS/c1-8(18)9-2-5-14(13(17)6-9)19-10-3-4-11(15)12(16)7-10/h2-8H,18H2,1H3/t8-/m0/s1. The number of benzene rings is 2. The van der Waals surface area contributed by atoms with Crippen LogP contribution in [-0.2, 0) is 0 Å². The van der Waals surface area contributed by atoms with E-state index in [4.69, 9.17) is 40.5 Å². The van der Waals surface area contributed by atoms with Crippen molar-refractivity contribution in [3.05, 3.63) is 57.0 Å². The van der Waals surface area contributed by atoms with Crippen LogP contribution in [0.5, 0.6) is 0 Å². The van der Waals surface area contributed by atoms with E-state index in [9.17, 15) is 0 Å². The Morgan fingerprint density at radius 1 is 0.947 bits per heavy atom. The Morgan fingerprint density at radius 3 is 2.26 bits per heavy atom. The molecule has 5 heteroatoms. The second-order valence-electron chi connectivity index (χ2n) is 4.16. The van der Waals surface area contributed by atoms with Crippen LogP contribution < -0.4 is 5.73 Å². The van der Waals surface area contributed by atoms with Gasteiger partial charge in [-0.15, -0.1) is 0 Å². The average Bonchev–Trinajstić information content (AvgIpc) is 2.36. The third kappa shape index (κ3) is 3.80. The van der Waals surface area contributed by atoms with Crippen molar-refractivity contribution in [1.82, 2.24) is 0 Å². The highest BCUT2D eigenvalue weighted by molar-refractivity contribution is 7.99. The van der Waals surface area contributed by atoms with Crippen molar-refractivity contribution in [2.75, 3.05) is 0 Å². The van der Waals surface area contributed by atoms with Crippen LogP contribution in [0.2, 0.25) is 15.1 Å². The van der Waals surface area contributed by atoms with Crippen molar-refractivity contribution >= 4 is 46.6 Å². The zero-order valence-electron chi connectivity index (χ0n) is 10.2. The zero-order chi connectivity index (χ0) is 14.0. The third-order valence-electron chi connectivity index (χ3n) is 2.60. The maximum absolute atomic E-state index is 6.26. The fourth-order valence-corrected chi connectivity index (χ4v) is 3.08. The van der Waals surface area contributed by atoms with Gasteiger partial charge in [0.1, 0.15) is 0 Å². The molecule has 0 aliphatic heterocycles. The number of rotatable bonds is 3. The number of hydrogen-bond donors (Lipinski definition) is 1. The van der Waals surface area contributed by atoms with Gasteiger partial charge in [0.15, 0.2) is 0 Å². The van der Waals surface area contributed by atoms with Gasteiger partial charge in [0.05, 0.1) is 15.1 Å². The molecule has 0 saturated carbocycles. The van der Waals surface area contributed by atoms with E-state index >= 15 is 0 Å². The van der Waals surface area contributed by atoms with E-state index in [2.05, 4.69) is 0 Å². The molecule has 0 spiro atoms. The van der Waals surface area contributed by atoms with Gasteiger partial charge in [-0.1, -0.05) is 52.6 Å². The lowest BCUT2D eigenvalue weighted by Gasteiger charge is -2.09. The lowest BCUT2D eigenvalue weighted by Crippen LogP contribution is -2.04. The second-order valence-corrected chi connectivity index (χ2v) is 6.49. The molecule has 0 saturated heterocycles. The summed E-state index contributed by atoms with van der Waals surface area (Å²) < 4.78 is 0. The van der Waals surface area contributed by atoms with E-state index in [-0.39, 0.29) is 6.04 Å². The van der Waals surface area contributed by atoms with Gasteiger partial charge in [0, 0.05) is 15.8 Å². The van der Waals surface area contributed by atoms with Crippen molar-refractivity contribution in [2.24, 2.45) is 5.73 Å². The Hall–Kier alpha value is -0.380. The molecule has 0 radical (unpaired) electrons. The summed E-state index contributed by atoms with van der Waals surface area (Å²) in [4.78, 5) is 1.95. The van der Waals surface area contributed by atoms with Gasteiger partial charge in [0.2, 0.25) is 0 Å². The minimum Gasteiger partial charge on any atom is -0.324 e. The molecule has 0 heterocycles. The quantitative estimate of drug-likeness (QED) is 0.766. The minimum atomic E-state index is -0.0264. The van der Waals surface area contributed by atoms with E-state index in [1.165, 1.54) is 0 Å². The fourth-order valence-electron chi connectivity index (χ4n) is 1.55. The van der Waals surface area contributed by atoms with Gasteiger partial charge in [-0.25, -0.2) is 0 Å². The first-order chi connectivity index (χ1) is 8.97. The van der Waals surface area contributed by atoms with E-state index in [0.29, 0.717) is 15.1 Å². The maximum Gasteiger partial charge on any atom is 0.0603 e. The van der Waals surface area contributed by atoms with Gasteiger partial charge in [-0.05, 0) is 42.8 Å². The first-order valence-electron chi connectivity index (χ1n) is 5.65. The Bertz CT molecular complexity index is 599. The van der Waals surface area contributed by atoms with Crippen molar-refractivity contribution in [3.63, 3.8) is 0 Å². The summed E-state index contributed by atoms with van der Waals surface area (Å²) in [6.07, 6.45) is 0. The SMILES string of the molecule is C[C@H](N)c1ccc(Sc2ccc(Cl)c(Cl)c2)c(Cl)c1. The molecule has 2 N–H and O–H groups in total. The number of halogens is 3. The van der Waals surface area contributed by atoms with Crippen LogP contribution >= 0.6 is 46.6 Å². The summed E-state index contributed by atoms with van der Waals surface area (Å²) in [5, 5.41) is 1.77. The van der Waals surface area contributed by atoms with Crippen LogP contribution in [0.1, 0.15) is 18.5 Å². The summed E-state index contributed by atoms with van der Waals surface area (Å²) in [7, 11) is 0. The highest BCUT2D eigenvalue weighted by Gasteiger charge is 2.07. The van der Waals surface area contributed by atoms with Crippen LogP contribution in [0, 0.1) is 0 Å². The molecule has 2 aromatic rings. The molecule has 19 heavy (non-hydrogen) atoms. The molecule has 0 aliphatic rings. The molecule has 0 unspecified atom stereocenters. The van der Waals surface area contributed by atoms with Gasteiger partial charge >= 0.3 is 0 Å².